The normalized spacial score (nSPS) is 12.4. The van der Waals surface area contributed by atoms with Crippen LogP contribution in [0.2, 0.25) is 5.02 Å². The second-order valence-corrected chi connectivity index (χ2v) is 13.5. The molecule has 1 aliphatic rings. The fourth-order valence-corrected chi connectivity index (χ4v) is 5.58. The number of carbonyl (C=O) groups is 3. The molecule has 2 aromatic carbocycles. The van der Waals surface area contributed by atoms with E-state index in [0.717, 1.165) is 24.0 Å². The molecule has 2 N–H and O–H groups in total. The number of halogens is 1. The number of pyridine rings is 1. The van der Waals surface area contributed by atoms with Crippen LogP contribution < -0.4 is 40.3 Å². The second kappa shape index (κ2) is 18.5. The van der Waals surface area contributed by atoms with E-state index in [9.17, 15) is 32.1 Å². The number of ether oxygens (including phenoxy) is 1. The van der Waals surface area contributed by atoms with Gasteiger partial charge in [0.25, 0.3) is 5.91 Å². The van der Waals surface area contributed by atoms with Crippen LogP contribution in [-0.4, -0.2) is 66.6 Å². The largest absolute Gasteiger partial charge is 1.00 e. The van der Waals surface area contributed by atoms with Crippen molar-refractivity contribution in [2.24, 2.45) is 0 Å². The summed E-state index contributed by atoms with van der Waals surface area (Å²) in [6.07, 6.45) is 6.49. The van der Waals surface area contributed by atoms with Crippen molar-refractivity contribution >= 4 is 50.4 Å². The summed E-state index contributed by atoms with van der Waals surface area (Å²) in [5.74, 6) is 4.54. The van der Waals surface area contributed by atoms with Gasteiger partial charge in [0.05, 0.1) is 15.9 Å². The molecule has 3 aromatic rings. The van der Waals surface area contributed by atoms with Crippen LogP contribution in [0.1, 0.15) is 84.3 Å². The van der Waals surface area contributed by atoms with E-state index in [1.54, 1.807) is 30.3 Å². The Labute approximate surface area is 307 Å². The number of nitrogens with one attached hydrogen (secondary N) is 2. The van der Waals surface area contributed by atoms with Crippen molar-refractivity contribution in [2.75, 3.05) is 26.0 Å². The summed E-state index contributed by atoms with van der Waals surface area (Å²) in [6, 6.07) is 10.6. The van der Waals surface area contributed by atoms with Crippen molar-refractivity contribution in [2.45, 2.75) is 63.8 Å². The first-order valence-electron chi connectivity index (χ1n) is 15.5. The maximum atomic E-state index is 13.3. The number of carbonyl (C=O) groups excluding carboxylic acids is 3. The number of benzene rings is 2. The van der Waals surface area contributed by atoms with Gasteiger partial charge < -0.3 is 24.5 Å². The van der Waals surface area contributed by atoms with E-state index in [1.165, 1.54) is 18.1 Å². The Kier molecular flexibility index (Phi) is 15.2. The maximum Gasteiger partial charge on any atom is 1.00 e. The van der Waals surface area contributed by atoms with Crippen LogP contribution in [-0.2, 0) is 31.0 Å². The number of amides is 2. The number of hydrogen-bond donors (Lipinski definition) is 2. The van der Waals surface area contributed by atoms with Crippen LogP contribution in [0.4, 0.5) is 0 Å². The molecule has 4 rings (SSSR count). The van der Waals surface area contributed by atoms with Gasteiger partial charge in [-0.2, -0.15) is 0 Å². The molecular formula is C34H37ClN3NaO8S. The minimum Gasteiger partial charge on any atom is -0.748 e. The van der Waals surface area contributed by atoms with Crippen molar-refractivity contribution in [1.82, 2.24) is 15.2 Å². The van der Waals surface area contributed by atoms with E-state index in [-0.39, 0.29) is 79.5 Å². The predicted octanol–water partition coefficient (Wildman–Crippen LogP) is 1.23. The fraction of sp³-hybridized carbons (Fsp3) is 0.412. The Bertz CT molecular complexity index is 1850. The number of aromatic amines is 1. The van der Waals surface area contributed by atoms with Gasteiger partial charge in [-0.3, -0.25) is 19.2 Å². The summed E-state index contributed by atoms with van der Waals surface area (Å²) in [7, 11) is -2.91. The second-order valence-electron chi connectivity index (χ2n) is 11.6. The van der Waals surface area contributed by atoms with Gasteiger partial charge in [0.15, 0.2) is 6.61 Å². The molecule has 0 atom stereocenters. The molecule has 1 fully saturated rings. The van der Waals surface area contributed by atoms with Gasteiger partial charge >= 0.3 is 35.5 Å². The van der Waals surface area contributed by atoms with Gasteiger partial charge in [0.2, 0.25) is 11.3 Å². The summed E-state index contributed by atoms with van der Waals surface area (Å²) in [6.45, 7) is 0.00171. The molecule has 0 spiro atoms. The van der Waals surface area contributed by atoms with E-state index in [4.69, 9.17) is 16.3 Å². The Morgan fingerprint density at radius 2 is 1.77 bits per heavy atom. The molecule has 0 aliphatic heterocycles. The van der Waals surface area contributed by atoms with Crippen molar-refractivity contribution in [3.05, 3.63) is 80.1 Å². The first-order chi connectivity index (χ1) is 22.4. The van der Waals surface area contributed by atoms with Crippen LogP contribution in [0.3, 0.4) is 0 Å². The van der Waals surface area contributed by atoms with E-state index in [2.05, 4.69) is 22.1 Å². The van der Waals surface area contributed by atoms with Gasteiger partial charge in [-0.25, -0.2) is 8.42 Å². The molecule has 250 valence electrons. The average Bonchev–Trinajstić information content (AvgIpc) is 3.88. The molecule has 2 amide bonds. The average molecular weight is 706 g/mol. The predicted molar refractivity (Wildman–Crippen MR) is 177 cm³/mol. The quantitative estimate of drug-likeness (QED) is 0.0784. The van der Waals surface area contributed by atoms with Crippen LogP contribution in [0.15, 0.2) is 47.4 Å². The first kappa shape index (κ1) is 39.3. The smallest absolute Gasteiger partial charge is 0.748 e. The molecule has 14 heteroatoms. The van der Waals surface area contributed by atoms with E-state index in [1.807, 2.05) is 6.07 Å². The van der Waals surface area contributed by atoms with Crippen molar-refractivity contribution < 1.29 is 61.6 Å². The van der Waals surface area contributed by atoms with E-state index in [0.29, 0.717) is 53.1 Å². The summed E-state index contributed by atoms with van der Waals surface area (Å²) in [5, 5.41) is 3.71. The number of unbranched alkanes of at least 4 members (excludes halogenated alkanes) is 3. The van der Waals surface area contributed by atoms with Crippen LogP contribution in [0.5, 0.6) is 0 Å². The summed E-state index contributed by atoms with van der Waals surface area (Å²) in [5.41, 5.74) is 2.72. The standard InChI is InChI=1S/C34H38ClN3O8S.Na/c1-38(16-18-47(43,44)45)31(39)8-4-2-3-5-9-32(40)46-17-6-7-25-19-28-30(20-27(25)24-12-13-24)36-22-29(33(28)41)34(42)37-21-23-10-14-26(35)15-11-23;/h10-11,14-15,19-20,22,24H,2-5,8-9,12-13,16-18,21H2,1H3,(H,36,41)(H,37,42)(H,43,44,45);/q;+1/p-1. The minimum absolute atomic E-state index is 0. The molecule has 48 heavy (non-hydrogen) atoms. The Balaban J connectivity index is 0.00000625. The third-order valence-corrected chi connectivity index (χ3v) is 8.77. The van der Waals surface area contributed by atoms with Crippen molar-refractivity contribution in [1.29, 1.82) is 0 Å². The summed E-state index contributed by atoms with van der Waals surface area (Å²) < 4.78 is 37.4. The number of nitrogens with zero attached hydrogens (tertiary/aromatic N) is 1. The molecule has 1 aliphatic carbocycles. The summed E-state index contributed by atoms with van der Waals surface area (Å²) in [4.78, 5) is 54.7. The third-order valence-electron chi connectivity index (χ3n) is 7.83. The van der Waals surface area contributed by atoms with Gasteiger partial charge in [-0.1, -0.05) is 48.4 Å². The van der Waals surface area contributed by atoms with E-state index < -0.39 is 27.2 Å². The SMILES string of the molecule is CN(CCS(=O)(=O)[O-])C(=O)CCCCCCC(=O)OCC#Cc1cc2c(=O)c(C(=O)NCc3ccc(Cl)cc3)c[nH]c2cc1C1CC1.[Na+]. The van der Waals surface area contributed by atoms with Crippen LogP contribution in [0, 0.1) is 11.8 Å². The number of H-pyrrole nitrogens is 1. The molecular weight excluding hydrogens is 669 g/mol. The number of esters is 1. The first-order valence-corrected chi connectivity index (χ1v) is 17.4. The molecule has 11 nitrogen and oxygen atoms in total. The van der Waals surface area contributed by atoms with Crippen LogP contribution in [0.25, 0.3) is 10.9 Å². The number of hydrogen-bond acceptors (Lipinski definition) is 8. The van der Waals surface area contributed by atoms with Gasteiger partial charge in [0, 0.05) is 60.7 Å². The van der Waals surface area contributed by atoms with Crippen molar-refractivity contribution in [3.8, 4) is 11.8 Å². The molecule has 0 unspecified atom stereocenters. The number of rotatable bonds is 15. The topological polar surface area (TPSA) is 166 Å². The zero-order chi connectivity index (χ0) is 34.0. The van der Waals surface area contributed by atoms with Crippen LogP contribution >= 0.6 is 11.6 Å². The Morgan fingerprint density at radius 1 is 1.08 bits per heavy atom. The van der Waals surface area contributed by atoms with Gasteiger partial charge in [0.1, 0.15) is 5.56 Å². The zero-order valence-corrected chi connectivity index (χ0v) is 30.7. The third kappa shape index (κ3) is 12.4. The molecule has 0 saturated heterocycles. The minimum atomic E-state index is -4.37. The molecule has 1 heterocycles. The number of aromatic nitrogens is 1. The van der Waals surface area contributed by atoms with Gasteiger partial charge in [-0.15, -0.1) is 0 Å². The molecule has 0 radical (unpaired) electrons. The Morgan fingerprint density at radius 3 is 2.44 bits per heavy atom. The molecule has 1 saturated carbocycles. The van der Waals surface area contributed by atoms with E-state index >= 15 is 0 Å². The van der Waals surface area contributed by atoms with Gasteiger partial charge in [-0.05, 0) is 67.0 Å². The monoisotopic (exact) mass is 705 g/mol. The number of fused-ring (bicyclic) bond motifs is 1. The molecule has 1 aromatic heterocycles. The zero-order valence-electron chi connectivity index (χ0n) is 27.1. The molecule has 0 bridgehead atoms. The maximum absolute atomic E-state index is 13.3. The van der Waals surface area contributed by atoms with Crippen molar-refractivity contribution in [3.63, 3.8) is 0 Å². The summed E-state index contributed by atoms with van der Waals surface area (Å²) >= 11 is 5.92. The fourth-order valence-electron chi connectivity index (χ4n) is 4.96. The Hall–Kier alpha value is -3.18.